The number of hydrogen-bond acceptors (Lipinski definition) is 4. The van der Waals surface area contributed by atoms with Gasteiger partial charge < -0.3 is 14.6 Å². The van der Waals surface area contributed by atoms with Crippen molar-refractivity contribution < 1.29 is 19.4 Å². The van der Waals surface area contributed by atoms with Crippen LogP contribution in [0.2, 0.25) is 0 Å². The van der Waals surface area contributed by atoms with Crippen LogP contribution in [0.15, 0.2) is 24.3 Å². The van der Waals surface area contributed by atoms with Gasteiger partial charge in [-0.2, -0.15) is 0 Å². The van der Waals surface area contributed by atoms with Gasteiger partial charge >= 0.3 is 5.97 Å². The Morgan fingerprint density at radius 1 is 1.38 bits per heavy atom. The Balaban J connectivity index is 2.91. The monoisotopic (exact) mass is 179 g/mol. The van der Waals surface area contributed by atoms with Gasteiger partial charge in [0.15, 0.2) is 0 Å². The number of aromatic carboxylic acids is 1. The molecule has 0 fully saturated rings. The molecule has 0 aliphatic rings. The fourth-order valence-electron chi connectivity index (χ4n) is 0.853. The summed E-state index contributed by atoms with van der Waals surface area (Å²) in [5.41, 5.74) is -0.0150. The SMILES string of the molecule is CC(=O)Oc1cccc(C(=O)[O-])c1. The van der Waals surface area contributed by atoms with Gasteiger partial charge in [0.25, 0.3) is 0 Å². The predicted molar refractivity (Wildman–Crippen MR) is 42.1 cm³/mol. The minimum absolute atomic E-state index is 0.0150. The van der Waals surface area contributed by atoms with E-state index in [1.165, 1.54) is 31.2 Å². The maximum absolute atomic E-state index is 10.5. The van der Waals surface area contributed by atoms with E-state index in [0.717, 1.165) is 0 Å². The molecule has 0 saturated carbocycles. The third-order valence-electron chi connectivity index (χ3n) is 1.33. The summed E-state index contributed by atoms with van der Waals surface area (Å²) in [7, 11) is 0. The highest BCUT2D eigenvalue weighted by Crippen LogP contribution is 2.12. The first-order chi connectivity index (χ1) is 6.09. The van der Waals surface area contributed by atoms with Crippen LogP contribution in [0.3, 0.4) is 0 Å². The smallest absolute Gasteiger partial charge is 0.308 e. The predicted octanol–water partition coefficient (Wildman–Crippen LogP) is -0.0246. The van der Waals surface area contributed by atoms with Gasteiger partial charge in [-0.05, 0) is 12.1 Å². The molecule has 1 aromatic carbocycles. The van der Waals surface area contributed by atoms with Crippen LogP contribution in [0.4, 0.5) is 0 Å². The number of carbonyl (C=O) groups excluding carboxylic acids is 2. The second-order valence-electron chi connectivity index (χ2n) is 2.41. The molecule has 0 atom stereocenters. The van der Waals surface area contributed by atoms with Crippen molar-refractivity contribution in [2.24, 2.45) is 0 Å². The average molecular weight is 179 g/mol. The van der Waals surface area contributed by atoms with Crippen LogP contribution in [0.5, 0.6) is 5.75 Å². The second kappa shape index (κ2) is 3.71. The topological polar surface area (TPSA) is 66.4 Å². The van der Waals surface area contributed by atoms with Crippen molar-refractivity contribution >= 4 is 11.9 Å². The van der Waals surface area contributed by atoms with E-state index in [0.29, 0.717) is 0 Å². The summed E-state index contributed by atoms with van der Waals surface area (Å²) >= 11 is 0. The lowest BCUT2D eigenvalue weighted by Gasteiger charge is -2.04. The van der Waals surface area contributed by atoms with Crippen molar-refractivity contribution in [1.29, 1.82) is 0 Å². The number of carboxylic acids is 1. The Labute approximate surface area is 74.8 Å². The van der Waals surface area contributed by atoms with E-state index in [9.17, 15) is 14.7 Å². The normalized spacial score (nSPS) is 9.31. The third-order valence-corrected chi connectivity index (χ3v) is 1.33. The summed E-state index contributed by atoms with van der Waals surface area (Å²) in [6.07, 6.45) is 0. The molecule has 4 nitrogen and oxygen atoms in total. The maximum Gasteiger partial charge on any atom is 0.308 e. The second-order valence-corrected chi connectivity index (χ2v) is 2.41. The van der Waals surface area contributed by atoms with Gasteiger partial charge in [-0.3, -0.25) is 4.79 Å². The summed E-state index contributed by atoms with van der Waals surface area (Å²) in [4.78, 5) is 20.9. The minimum Gasteiger partial charge on any atom is -0.545 e. The number of benzene rings is 1. The molecule has 1 rings (SSSR count). The van der Waals surface area contributed by atoms with Crippen LogP contribution in [0, 0.1) is 0 Å². The molecular weight excluding hydrogens is 172 g/mol. The quantitative estimate of drug-likeness (QED) is 0.472. The van der Waals surface area contributed by atoms with E-state index in [1.54, 1.807) is 0 Å². The van der Waals surface area contributed by atoms with Gasteiger partial charge in [0.1, 0.15) is 5.75 Å². The molecule has 0 heterocycles. The van der Waals surface area contributed by atoms with Crippen molar-refractivity contribution in [2.75, 3.05) is 0 Å². The first-order valence-electron chi connectivity index (χ1n) is 3.59. The molecule has 0 aliphatic heterocycles. The van der Waals surface area contributed by atoms with Gasteiger partial charge in [-0.15, -0.1) is 0 Å². The van der Waals surface area contributed by atoms with Gasteiger partial charge in [-0.1, -0.05) is 12.1 Å². The van der Waals surface area contributed by atoms with E-state index in [-0.39, 0.29) is 11.3 Å². The summed E-state index contributed by atoms with van der Waals surface area (Å²) in [5.74, 6) is -1.58. The molecule has 0 amide bonds. The van der Waals surface area contributed by atoms with Crippen molar-refractivity contribution in [1.82, 2.24) is 0 Å². The molecule has 68 valence electrons. The highest BCUT2D eigenvalue weighted by molar-refractivity contribution is 5.86. The Bertz CT molecular complexity index is 343. The van der Waals surface area contributed by atoms with Crippen LogP contribution < -0.4 is 9.84 Å². The van der Waals surface area contributed by atoms with Crippen molar-refractivity contribution in [3.63, 3.8) is 0 Å². The van der Waals surface area contributed by atoms with Crippen LogP contribution >= 0.6 is 0 Å². The zero-order valence-electron chi connectivity index (χ0n) is 6.94. The molecular formula is C9H7O4-. The van der Waals surface area contributed by atoms with Crippen LogP contribution in [0.1, 0.15) is 17.3 Å². The van der Waals surface area contributed by atoms with E-state index in [4.69, 9.17) is 0 Å². The fraction of sp³-hybridized carbons (Fsp3) is 0.111. The standard InChI is InChI=1S/C9H8O4/c1-6(10)13-8-4-2-3-7(5-8)9(11)12/h2-5H,1H3,(H,11,12)/p-1. The molecule has 1 aromatic rings. The Hall–Kier alpha value is -1.84. The molecule has 0 N–H and O–H groups in total. The Kier molecular flexibility index (Phi) is 2.64. The first kappa shape index (κ1) is 9.25. The largest absolute Gasteiger partial charge is 0.545 e. The maximum atomic E-state index is 10.5. The summed E-state index contributed by atoms with van der Waals surface area (Å²) in [6, 6.07) is 5.57. The van der Waals surface area contributed by atoms with Crippen LogP contribution in [-0.4, -0.2) is 11.9 Å². The zero-order chi connectivity index (χ0) is 9.84. The van der Waals surface area contributed by atoms with E-state index in [1.807, 2.05) is 0 Å². The van der Waals surface area contributed by atoms with Gasteiger partial charge in [0.2, 0.25) is 0 Å². The Morgan fingerprint density at radius 3 is 2.62 bits per heavy atom. The third kappa shape index (κ3) is 2.59. The number of carboxylic acid groups (broad SMARTS) is 1. The number of carbonyl (C=O) groups is 2. The molecule has 0 unspecified atom stereocenters. The van der Waals surface area contributed by atoms with Gasteiger partial charge in [0.05, 0.1) is 5.97 Å². The first-order valence-corrected chi connectivity index (χ1v) is 3.59. The lowest BCUT2D eigenvalue weighted by Crippen LogP contribution is -2.22. The van der Waals surface area contributed by atoms with Crippen LogP contribution in [0.25, 0.3) is 0 Å². The van der Waals surface area contributed by atoms with Crippen molar-refractivity contribution in [2.45, 2.75) is 6.92 Å². The summed E-state index contributed by atoms with van der Waals surface area (Å²) < 4.78 is 4.68. The average Bonchev–Trinajstić information content (AvgIpc) is 2.03. The minimum atomic E-state index is -1.30. The number of esters is 1. The van der Waals surface area contributed by atoms with E-state index in [2.05, 4.69) is 4.74 Å². The van der Waals surface area contributed by atoms with E-state index >= 15 is 0 Å². The molecule has 0 aromatic heterocycles. The molecule has 13 heavy (non-hydrogen) atoms. The number of ether oxygens (including phenoxy) is 1. The summed E-state index contributed by atoms with van der Waals surface area (Å²) in [5, 5.41) is 10.4. The summed E-state index contributed by atoms with van der Waals surface area (Å²) in [6.45, 7) is 1.24. The highest BCUT2D eigenvalue weighted by Gasteiger charge is 1.99. The van der Waals surface area contributed by atoms with Crippen molar-refractivity contribution in [3.8, 4) is 5.75 Å². The zero-order valence-corrected chi connectivity index (χ0v) is 6.94. The lowest BCUT2D eigenvalue weighted by atomic mass is 10.2. The molecule has 0 radical (unpaired) electrons. The van der Waals surface area contributed by atoms with E-state index < -0.39 is 11.9 Å². The molecule has 4 heteroatoms. The van der Waals surface area contributed by atoms with Crippen LogP contribution in [-0.2, 0) is 4.79 Å². The highest BCUT2D eigenvalue weighted by atomic mass is 16.5. The molecule has 0 saturated heterocycles. The van der Waals surface area contributed by atoms with Crippen molar-refractivity contribution in [3.05, 3.63) is 29.8 Å². The Morgan fingerprint density at radius 2 is 2.08 bits per heavy atom. The molecule has 0 aliphatic carbocycles. The molecule has 0 spiro atoms. The molecule has 0 bridgehead atoms. The number of rotatable bonds is 2. The number of hydrogen-bond donors (Lipinski definition) is 0. The lowest BCUT2D eigenvalue weighted by molar-refractivity contribution is -0.255. The fourth-order valence-corrected chi connectivity index (χ4v) is 0.853. The van der Waals surface area contributed by atoms with Gasteiger partial charge in [-0.25, -0.2) is 0 Å². The van der Waals surface area contributed by atoms with Gasteiger partial charge in [0, 0.05) is 12.5 Å².